The number of carboxylic acid groups (broad SMARTS) is 1. The molecule has 1 aromatic carbocycles. The Kier molecular flexibility index (Phi) is 4.90. The minimum Gasteiger partial charge on any atom is -0.477 e. The number of nitro benzene ring substituents is 1. The molecule has 106 valence electrons. The van der Waals surface area contributed by atoms with Crippen molar-refractivity contribution < 1.29 is 28.7 Å². The number of ether oxygens (including phenoxy) is 1. The minimum atomic E-state index is -1.61. The second-order valence-electron chi connectivity index (χ2n) is 3.54. The minimum absolute atomic E-state index is 0.129. The first kappa shape index (κ1) is 15.3. The summed E-state index contributed by atoms with van der Waals surface area (Å²) in [6.07, 6.45) is 1.87. The van der Waals surface area contributed by atoms with Crippen LogP contribution in [0.1, 0.15) is 22.8 Å². The van der Waals surface area contributed by atoms with Crippen LogP contribution in [0.4, 0.5) is 10.1 Å². The van der Waals surface area contributed by atoms with E-state index in [9.17, 15) is 24.1 Å². The van der Waals surface area contributed by atoms with Crippen molar-refractivity contribution in [3.8, 4) is 0 Å². The van der Waals surface area contributed by atoms with E-state index in [2.05, 4.69) is 4.74 Å². The van der Waals surface area contributed by atoms with Gasteiger partial charge in [0.1, 0.15) is 11.4 Å². The molecular weight excluding hydrogens is 273 g/mol. The summed E-state index contributed by atoms with van der Waals surface area (Å²) in [5.41, 5.74) is -1.81. The number of hydrogen-bond donors (Lipinski definition) is 1. The predicted molar refractivity (Wildman–Crippen MR) is 65.7 cm³/mol. The normalized spacial score (nSPS) is 10.5. The molecule has 7 nitrogen and oxygen atoms in total. The summed E-state index contributed by atoms with van der Waals surface area (Å²) in [5.74, 6) is -3.35. The molecule has 0 aromatic heterocycles. The zero-order valence-electron chi connectivity index (χ0n) is 10.3. The van der Waals surface area contributed by atoms with E-state index in [-0.39, 0.29) is 12.2 Å². The molecule has 0 bridgehead atoms. The first-order valence-electron chi connectivity index (χ1n) is 5.42. The summed E-state index contributed by atoms with van der Waals surface area (Å²) in [4.78, 5) is 31.6. The third-order valence-corrected chi connectivity index (χ3v) is 2.23. The van der Waals surface area contributed by atoms with E-state index in [0.29, 0.717) is 6.07 Å². The van der Waals surface area contributed by atoms with Crippen LogP contribution in [0.15, 0.2) is 18.2 Å². The van der Waals surface area contributed by atoms with Gasteiger partial charge >= 0.3 is 11.9 Å². The molecule has 0 aliphatic carbocycles. The third kappa shape index (κ3) is 3.61. The third-order valence-electron chi connectivity index (χ3n) is 2.23. The Morgan fingerprint density at radius 2 is 2.15 bits per heavy atom. The van der Waals surface area contributed by atoms with Crippen molar-refractivity contribution in [3.63, 3.8) is 0 Å². The van der Waals surface area contributed by atoms with Crippen LogP contribution in [-0.4, -0.2) is 28.6 Å². The van der Waals surface area contributed by atoms with Crippen molar-refractivity contribution in [1.29, 1.82) is 0 Å². The molecule has 0 unspecified atom stereocenters. The van der Waals surface area contributed by atoms with Crippen molar-refractivity contribution in [2.45, 2.75) is 6.92 Å². The average molecular weight is 283 g/mol. The Morgan fingerprint density at radius 1 is 1.50 bits per heavy atom. The molecule has 0 saturated carbocycles. The van der Waals surface area contributed by atoms with Gasteiger partial charge < -0.3 is 9.84 Å². The van der Waals surface area contributed by atoms with E-state index in [1.54, 1.807) is 6.92 Å². The van der Waals surface area contributed by atoms with E-state index in [4.69, 9.17) is 5.11 Å². The van der Waals surface area contributed by atoms with Gasteiger partial charge in [-0.1, -0.05) is 0 Å². The van der Waals surface area contributed by atoms with Gasteiger partial charge in [0.05, 0.1) is 11.5 Å². The Labute approximate surface area is 112 Å². The van der Waals surface area contributed by atoms with Gasteiger partial charge in [0.15, 0.2) is 0 Å². The van der Waals surface area contributed by atoms with Crippen LogP contribution in [0, 0.1) is 15.9 Å². The molecule has 0 saturated heterocycles. The molecule has 0 heterocycles. The van der Waals surface area contributed by atoms with E-state index in [1.807, 2.05) is 0 Å². The standard InChI is InChI=1S/C12H10FNO6/c1-2-20-11(15)4-3-7-5-10(14(18)19)8(12(16)17)6-9(7)13/h3-6H,2H2,1H3,(H,16,17). The van der Waals surface area contributed by atoms with Crippen LogP contribution in [0.25, 0.3) is 6.08 Å². The maximum atomic E-state index is 13.6. The van der Waals surface area contributed by atoms with E-state index >= 15 is 0 Å². The molecule has 0 radical (unpaired) electrons. The molecule has 0 aliphatic heterocycles. The van der Waals surface area contributed by atoms with Crippen LogP contribution in [-0.2, 0) is 9.53 Å². The van der Waals surface area contributed by atoms with Crippen LogP contribution in [0.3, 0.4) is 0 Å². The number of carbonyl (C=O) groups is 2. The van der Waals surface area contributed by atoms with Gasteiger partial charge in [-0.25, -0.2) is 14.0 Å². The molecule has 20 heavy (non-hydrogen) atoms. The first-order valence-corrected chi connectivity index (χ1v) is 5.42. The van der Waals surface area contributed by atoms with Crippen molar-refractivity contribution in [2.75, 3.05) is 6.61 Å². The zero-order chi connectivity index (χ0) is 15.3. The number of nitrogens with zero attached hydrogens (tertiary/aromatic N) is 1. The Morgan fingerprint density at radius 3 is 2.65 bits per heavy atom. The van der Waals surface area contributed by atoms with Crippen molar-refractivity contribution in [1.82, 2.24) is 0 Å². The molecule has 0 fully saturated rings. The van der Waals surface area contributed by atoms with Crippen LogP contribution < -0.4 is 0 Å². The van der Waals surface area contributed by atoms with Crippen LogP contribution in [0.5, 0.6) is 0 Å². The number of esters is 1. The largest absolute Gasteiger partial charge is 0.477 e. The van der Waals surface area contributed by atoms with Crippen molar-refractivity contribution in [2.24, 2.45) is 0 Å². The molecule has 0 atom stereocenters. The van der Waals surface area contributed by atoms with E-state index in [0.717, 1.165) is 18.2 Å². The molecule has 1 aromatic rings. The molecular formula is C12H10FNO6. The van der Waals surface area contributed by atoms with Gasteiger partial charge in [-0.05, 0) is 19.1 Å². The lowest BCUT2D eigenvalue weighted by Gasteiger charge is -2.02. The number of rotatable bonds is 5. The lowest BCUT2D eigenvalue weighted by molar-refractivity contribution is -0.385. The fraction of sp³-hybridized carbons (Fsp3) is 0.167. The summed E-state index contributed by atoms with van der Waals surface area (Å²) in [6, 6.07) is 1.28. The average Bonchev–Trinajstić information content (AvgIpc) is 2.36. The van der Waals surface area contributed by atoms with Gasteiger partial charge in [-0.3, -0.25) is 10.1 Å². The lowest BCUT2D eigenvalue weighted by atomic mass is 10.1. The highest BCUT2D eigenvalue weighted by molar-refractivity contribution is 5.93. The maximum Gasteiger partial charge on any atom is 0.342 e. The Bertz CT molecular complexity index is 596. The molecule has 0 aliphatic rings. The predicted octanol–water partition coefficient (Wildman–Crippen LogP) is 2.01. The summed E-state index contributed by atoms with van der Waals surface area (Å²) >= 11 is 0. The van der Waals surface area contributed by atoms with Gasteiger partial charge in [0.2, 0.25) is 0 Å². The number of benzene rings is 1. The molecule has 1 rings (SSSR count). The number of carboxylic acids is 1. The SMILES string of the molecule is CCOC(=O)C=Cc1cc([N+](=O)[O-])c(C(=O)O)cc1F. The summed E-state index contributed by atoms with van der Waals surface area (Å²) in [5, 5.41) is 19.5. The molecule has 1 N–H and O–H groups in total. The smallest absolute Gasteiger partial charge is 0.342 e. The van der Waals surface area contributed by atoms with Gasteiger partial charge in [-0.2, -0.15) is 0 Å². The monoisotopic (exact) mass is 283 g/mol. The van der Waals surface area contributed by atoms with Gasteiger partial charge in [0.25, 0.3) is 5.69 Å². The Balaban J connectivity index is 3.23. The van der Waals surface area contributed by atoms with Gasteiger partial charge in [0, 0.05) is 17.7 Å². The van der Waals surface area contributed by atoms with Gasteiger partial charge in [-0.15, -0.1) is 0 Å². The number of carbonyl (C=O) groups excluding carboxylic acids is 1. The zero-order valence-corrected chi connectivity index (χ0v) is 10.3. The number of aromatic carboxylic acids is 1. The van der Waals surface area contributed by atoms with E-state index in [1.165, 1.54) is 0 Å². The Hall–Kier alpha value is -2.77. The fourth-order valence-corrected chi connectivity index (χ4v) is 1.38. The lowest BCUT2D eigenvalue weighted by Crippen LogP contribution is -2.04. The van der Waals surface area contributed by atoms with Crippen LogP contribution >= 0.6 is 0 Å². The number of halogens is 1. The van der Waals surface area contributed by atoms with Crippen molar-refractivity contribution >= 4 is 23.7 Å². The highest BCUT2D eigenvalue weighted by Gasteiger charge is 2.22. The van der Waals surface area contributed by atoms with Crippen LogP contribution in [0.2, 0.25) is 0 Å². The second kappa shape index (κ2) is 6.41. The fourth-order valence-electron chi connectivity index (χ4n) is 1.38. The highest BCUT2D eigenvalue weighted by Crippen LogP contribution is 2.24. The quantitative estimate of drug-likeness (QED) is 0.383. The highest BCUT2D eigenvalue weighted by atomic mass is 19.1. The topological polar surface area (TPSA) is 107 Å². The number of nitro groups is 1. The molecule has 0 spiro atoms. The first-order chi connectivity index (χ1) is 9.36. The summed E-state index contributed by atoms with van der Waals surface area (Å²) < 4.78 is 18.2. The second-order valence-corrected chi connectivity index (χ2v) is 3.54. The molecule has 8 heteroatoms. The number of hydrogen-bond acceptors (Lipinski definition) is 5. The summed E-state index contributed by atoms with van der Waals surface area (Å²) in [6.45, 7) is 1.71. The van der Waals surface area contributed by atoms with E-state index < -0.39 is 33.9 Å². The van der Waals surface area contributed by atoms with Crippen molar-refractivity contribution in [3.05, 3.63) is 45.3 Å². The molecule has 0 amide bonds. The summed E-state index contributed by atoms with van der Waals surface area (Å²) in [7, 11) is 0. The maximum absolute atomic E-state index is 13.6.